The van der Waals surface area contributed by atoms with Crippen LogP contribution < -0.4 is 5.73 Å². The van der Waals surface area contributed by atoms with Crippen LogP contribution in [0.5, 0.6) is 0 Å². The summed E-state index contributed by atoms with van der Waals surface area (Å²) in [5, 5.41) is 0. The van der Waals surface area contributed by atoms with E-state index in [1.54, 1.807) is 12.1 Å². The molecule has 5 heteroatoms. The van der Waals surface area contributed by atoms with Crippen molar-refractivity contribution >= 4 is 10.0 Å². The maximum atomic E-state index is 12.5. The smallest absolute Gasteiger partial charge is 0.243 e. The molecule has 0 aliphatic carbocycles. The molecule has 2 rings (SSSR count). The van der Waals surface area contributed by atoms with Crippen LogP contribution in [0.15, 0.2) is 29.2 Å². The molecule has 112 valence electrons. The van der Waals surface area contributed by atoms with Crippen molar-refractivity contribution in [2.24, 2.45) is 17.6 Å². The first kappa shape index (κ1) is 15.5. The van der Waals surface area contributed by atoms with Crippen molar-refractivity contribution in [3.63, 3.8) is 0 Å². The van der Waals surface area contributed by atoms with E-state index in [2.05, 4.69) is 13.8 Å². The van der Waals surface area contributed by atoms with E-state index in [1.165, 1.54) is 9.87 Å². The van der Waals surface area contributed by atoms with E-state index >= 15 is 0 Å². The third kappa shape index (κ3) is 3.22. The first-order valence-electron chi connectivity index (χ1n) is 7.15. The second kappa shape index (κ2) is 5.84. The summed E-state index contributed by atoms with van der Waals surface area (Å²) >= 11 is 0. The molecule has 0 radical (unpaired) electrons. The van der Waals surface area contributed by atoms with E-state index in [-0.39, 0.29) is 12.0 Å². The molecule has 1 saturated heterocycles. The average Bonchev–Trinajstić information content (AvgIpc) is 2.70. The zero-order chi connectivity index (χ0) is 14.9. The second-order valence-corrected chi connectivity index (χ2v) is 8.14. The molecule has 0 aromatic heterocycles. The number of nitrogens with two attached hydrogens (primary N) is 1. The standard InChI is InChI=1S/C15H24N2O2S/c1-11(2)8-13-4-6-14(7-5-13)20(18,19)17-9-12(3)15(16)10-17/h4-7,11-12,15H,8-10,16H2,1-3H3. The minimum atomic E-state index is -3.40. The van der Waals surface area contributed by atoms with Crippen LogP contribution >= 0.6 is 0 Å². The van der Waals surface area contributed by atoms with E-state index in [0.717, 1.165) is 6.42 Å². The van der Waals surface area contributed by atoms with Crippen molar-refractivity contribution in [2.75, 3.05) is 13.1 Å². The van der Waals surface area contributed by atoms with Gasteiger partial charge in [0.15, 0.2) is 0 Å². The highest BCUT2D eigenvalue weighted by atomic mass is 32.2. The van der Waals surface area contributed by atoms with Crippen LogP contribution in [-0.4, -0.2) is 31.9 Å². The molecule has 2 unspecified atom stereocenters. The van der Waals surface area contributed by atoms with Crippen molar-refractivity contribution in [1.29, 1.82) is 0 Å². The van der Waals surface area contributed by atoms with Crippen molar-refractivity contribution in [3.05, 3.63) is 29.8 Å². The Kier molecular flexibility index (Phi) is 4.52. The molecule has 1 fully saturated rings. The lowest BCUT2D eigenvalue weighted by atomic mass is 10.0. The number of sulfonamides is 1. The molecule has 2 N–H and O–H groups in total. The van der Waals surface area contributed by atoms with E-state index < -0.39 is 10.0 Å². The molecule has 0 amide bonds. The van der Waals surface area contributed by atoms with Crippen LogP contribution in [-0.2, 0) is 16.4 Å². The number of hydrogen-bond donors (Lipinski definition) is 1. The van der Waals surface area contributed by atoms with Gasteiger partial charge in [0.2, 0.25) is 10.0 Å². The van der Waals surface area contributed by atoms with Crippen LogP contribution in [0.3, 0.4) is 0 Å². The molecule has 0 bridgehead atoms. The fourth-order valence-electron chi connectivity index (χ4n) is 2.56. The molecule has 0 saturated carbocycles. The number of hydrogen-bond acceptors (Lipinski definition) is 3. The van der Waals surface area contributed by atoms with Gasteiger partial charge >= 0.3 is 0 Å². The van der Waals surface area contributed by atoms with E-state index in [4.69, 9.17) is 5.73 Å². The van der Waals surface area contributed by atoms with Crippen molar-refractivity contribution in [3.8, 4) is 0 Å². The van der Waals surface area contributed by atoms with Crippen LogP contribution in [0.1, 0.15) is 26.3 Å². The Morgan fingerprint density at radius 2 is 1.85 bits per heavy atom. The third-order valence-electron chi connectivity index (χ3n) is 3.84. The highest BCUT2D eigenvalue weighted by Crippen LogP contribution is 2.24. The van der Waals surface area contributed by atoms with Gasteiger partial charge in [-0.05, 0) is 36.0 Å². The van der Waals surface area contributed by atoms with E-state index in [1.807, 2.05) is 19.1 Å². The first-order valence-corrected chi connectivity index (χ1v) is 8.59. The SMILES string of the molecule is CC(C)Cc1ccc(S(=O)(=O)N2CC(C)C(N)C2)cc1. The molecule has 20 heavy (non-hydrogen) atoms. The third-order valence-corrected chi connectivity index (χ3v) is 5.69. The molecule has 1 heterocycles. The Morgan fingerprint density at radius 1 is 1.25 bits per heavy atom. The minimum Gasteiger partial charge on any atom is -0.326 e. The van der Waals surface area contributed by atoms with Gasteiger partial charge in [0.1, 0.15) is 0 Å². The summed E-state index contributed by atoms with van der Waals surface area (Å²) in [7, 11) is -3.40. The Hall–Kier alpha value is -0.910. The zero-order valence-electron chi connectivity index (χ0n) is 12.4. The Labute approximate surface area is 122 Å². The number of rotatable bonds is 4. The highest BCUT2D eigenvalue weighted by molar-refractivity contribution is 7.89. The van der Waals surface area contributed by atoms with Crippen LogP contribution in [0.25, 0.3) is 0 Å². The average molecular weight is 296 g/mol. The molecule has 1 aliphatic rings. The highest BCUT2D eigenvalue weighted by Gasteiger charge is 2.35. The van der Waals surface area contributed by atoms with Gasteiger partial charge in [0.25, 0.3) is 0 Å². The minimum absolute atomic E-state index is 0.0648. The van der Waals surface area contributed by atoms with Gasteiger partial charge in [-0.25, -0.2) is 8.42 Å². The van der Waals surface area contributed by atoms with Gasteiger partial charge in [0, 0.05) is 19.1 Å². The second-order valence-electron chi connectivity index (χ2n) is 6.21. The van der Waals surface area contributed by atoms with Gasteiger partial charge in [-0.15, -0.1) is 0 Å². The van der Waals surface area contributed by atoms with Gasteiger partial charge < -0.3 is 5.73 Å². The molecular weight excluding hydrogens is 272 g/mol. The van der Waals surface area contributed by atoms with Crippen molar-refractivity contribution < 1.29 is 8.42 Å². The lowest BCUT2D eigenvalue weighted by molar-refractivity contribution is 0.464. The van der Waals surface area contributed by atoms with Crippen molar-refractivity contribution in [1.82, 2.24) is 4.31 Å². The Bertz CT molecular complexity index is 542. The molecular formula is C15H24N2O2S. The Morgan fingerprint density at radius 3 is 2.30 bits per heavy atom. The molecule has 2 atom stereocenters. The monoisotopic (exact) mass is 296 g/mol. The Balaban J connectivity index is 2.18. The fourth-order valence-corrected chi connectivity index (χ4v) is 4.14. The normalized spacial score (nSPS) is 24.4. The molecule has 0 spiro atoms. The van der Waals surface area contributed by atoms with Gasteiger partial charge in [-0.3, -0.25) is 0 Å². The van der Waals surface area contributed by atoms with E-state index in [9.17, 15) is 8.42 Å². The van der Waals surface area contributed by atoms with Crippen molar-refractivity contribution in [2.45, 2.75) is 38.1 Å². The molecule has 1 aliphatic heterocycles. The van der Waals surface area contributed by atoms with Gasteiger partial charge in [-0.2, -0.15) is 4.31 Å². The fraction of sp³-hybridized carbons (Fsp3) is 0.600. The van der Waals surface area contributed by atoms with Crippen LogP contribution in [0.2, 0.25) is 0 Å². The number of nitrogens with zero attached hydrogens (tertiary/aromatic N) is 1. The predicted molar refractivity (Wildman–Crippen MR) is 80.9 cm³/mol. The summed E-state index contributed by atoms with van der Waals surface area (Å²) < 4.78 is 26.6. The van der Waals surface area contributed by atoms with Gasteiger partial charge in [0.05, 0.1) is 4.90 Å². The summed E-state index contributed by atoms with van der Waals surface area (Å²) in [4.78, 5) is 0.367. The van der Waals surface area contributed by atoms with Crippen LogP contribution in [0, 0.1) is 11.8 Å². The molecule has 4 nitrogen and oxygen atoms in total. The maximum Gasteiger partial charge on any atom is 0.243 e. The quantitative estimate of drug-likeness (QED) is 0.922. The largest absolute Gasteiger partial charge is 0.326 e. The lowest BCUT2D eigenvalue weighted by Crippen LogP contribution is -2.32. The predicted octanol–water partition coefficient (Wildman–Crippen LogP) is 1.85. The van der Waals surface area contributed by atoms with Crippen LogP contribution in [0.4, 0.5) is 0 Å². The lowest BCUT2D eigenvalue weighted by Gasteiger charge is -2.16. The summed E-state index contributed by atoms with van der Waals surface area (Å²) in [6, 6.07) is 7.17. The topological polar surface area (TPSA) is 63.4 Å². The zero-order valence-corrected chi connectivity index (χ0v) is 13.2. The summed E-state index contributed by atoms with van der Waals surface area (Å²) in [5.74, 6) is 0.778. The van der Waals surface area contributed by atoms with E-state index in [0.29, 0.717) is 23.9 Å². The number of benzene rings is 1. The van der Waals surface area contributed by atoms with Gasteiger partial charge in [-0.1, -0.05) is 32.9 Å². The summed E-state index contributed by atoms with van der Waals surface area (Å²) in [5.41, 5.74) is 7.09. The molecule has 1 aromatic carbocycles. The summed E-state index contributed by atoms with van der Waals surface area (Å²) in [6.07, 6.45) is 0.964. The molecule has 1 aromatic rings. The summed E-state index contributed by atoms with van der Waals surface area (Å²) in [6.45, 7) is 7.22. The first-order chi connectivity index (χ1) is 9.30. The maximum absolute atomic E-state index is 12.5.